The summed E-state index contributed by atoms with van der Waals surface area (Å²) in [6.07, 6.45) is 60.1. The van der Waals surface area contributed by atoms with Crippen LogP contribution in [-0.4, -0.2) is 158 Å². The monoisotopic (exact) mass is 1190 g/mol. The highest BCUT2D eigenvalue weighted by Gasteiger charge is 2.25. The highest BCUT2D eigenvalue weighted by Crippen LogP contribution is 2.18. The van der Waals surface area contributed by atoms with Crippen LogP contribution in [0.15, 0.2) is 24.3 Å². The zero-order valence-corrected chi connectivity index (χ0v) is 56.9. The van der Waals surface area contributed by atoms with Crippen LogP contribution < -0.4 is 49.1 Å². The molecule has 498 valence electrons. The summed E-state index contributed by atoms with van der Waals surface area (Å²) in [5.41, 5.74) is 17.2. The number of nitrogens with two attached hydrogens (primary N) is 3. The number of quaternary nitrogens is 2. The number of unbranched alkanes of at least 4 members (excludes halogenated alkanes) is 26. The lowest BCUT2D eigenvalue weighted by Crippen LogP contribution is -2.50. The van der Waals surface area contributed by atoms with Crippen LogP contribution >= 0.6 is 0 Å². The molecular weight excluding hydrogens is 1040 g/mol. The number of carbonyl (C=O) groups excluding carboxylic acids is 2. The van der Waals surface area contributed by atoms with Gasteiger partial charge in [-0.2, -0.15) is 0 Å². The van der Waals surface area contributed by atoms with Crippen molar-refractivity contribution in [2.45, 2.75) is 296 Å². The number of carbonyl (C=O) groups is 2. The summed E-state index contributed by atoms with van der Waals surface area (Å²) in [6, 6.07) is -0.329. The van der Waals surface area contributed by atoms with Gasteiger partial charge in [0, 0.05) is 38.8 Å². The van der Waals surface area contributed by atoms with Crippen molar-refractivity contribution in [3.05, 3.63) is 24.3 Å². The lowest BCUT2D eigenvalue weighted by Gasteiger charge is -2.37. The molecule has 0 saturated carbocycles. The van der Waals surface area contributed by atoms with Crippen molar-refractivity contribution in [3.63, 3.8) is 0 Å². The largest absolute Gasteiger partial charge is 0.355 e. The van der Waals surface area contributed by atoms with Crippen LogP contribution in [0.4, 0.5) is 0 Å². The van der Waals surface area contributed by atoms with Crippen molar-refractivity contribution < 1.29 is 18.6 Å². The van der Waals surface area contributed by atoms with E-state index >= 15 is 0 Å². The van der Waals surface area contributed by atoms with E-state index in [1.165, 1.54) is 219 Å². The van der Waals surface area contributed by atoms with Gasteiger partial charge in [-0.15, -0.1) is 0 Å². The second-order valence-corrected chi connectivity index (χ2v) is 26.0. The third kappa shape index (κ3) is 55.4. The number of hydrogen-bond acceptors (Lipinski definition) is 9. The minimum atomic E-state index is -0.190. The van der Waals surface area contributed by atoms with Crippen molar-refractivity contribution in [2.24, 2.45) is 17.2 Å². The molecule has 4 atom stereocenters. The maximum absolute atomic E-state index is 13.6. The van der Waals surface area contributed by atoms with Crippen LogP contribution in [0.25, 0.3) is 0 Å². The van der Waals surface area contributed by atoms with Gasteiger partial charge in [0.1, 0.15) is 0 Å². The van der Waals surface area contributed by atoms with Gasteiger partial charge in [-0.25, -0.2) is 0 Å². The first-order chi connectivity index (χ1) is 41.1. The van der Waals surface area contributed by atoms with Crippen LogP contribution in [0.5, 0.6) is 0 Å². The molecule has 0 rings (SSSR count). The summed E-state index contributed by atoms with van der Waals surface area (Å²) in [7, 11) is 5.01. The van der Waals surface area contributed by atoms with Gasteiger partial charge >= 0.3 is 0 Å². The first kappa shape index (κ1) is 82.1. The Hall–Kier alpha value is -1.94. The molecule has 13 nitrogen and oxygen atoms in total. The smallest absolute Gasteiger partial charge is 0.237 e. The first-order valence-corrected chi connectivity index (χ1v) is 36.6. The molecule has 0 heterocycles. The zero-order chi connectivity index (χ0) is 61.4. The van der Waals surface area contributed by atoms with E-state index in [1.54, 1.807) is 0 Å². The van der Waals surface area contributed by atoms with E-state index in [9.17, 15) is 9.59 Å². The molecule has 0 saturated heterocycles. The van der Waals surface area contributed by atoms with E-state index in [0.29, 0.717) is 26.2 Å². The zero-order valence-electron chi connectivity index (χ0n) is 56.9. The molecule has 0 aliphatic heterocycles. The molecule has 0 aromatic carbocycles. The number of rotatable bonds is 69. The summed E-state index contributed by atoms with van der Waals surface area (Å²) >= 11 is 0. The average molecular weight is 1190 g/mol. The van der Waals surface area contributed by atoms with E-state index in [-0.39, 0.29) is 23.9 Å². The van der Waals surface area contributed by atoms with Gasteiger partial charge in [-0.3, -0.25) is 9.59 Å². The van der Waals surface area contributed by atoms with Crippen LogP contribution in [0.2, 0.25) is 0 Å². The molecule has 0 aliphatic rings. The van der Waals surface area contributed by atoms with E-state index < -0.39 is 0 Å². The number of nitrogens with one attached hydrogen (secondary N) is 6. The molecule has 84 heavy (non-hydrogen) atoms. The van der Waals surface area contributed by atoms with Crippen molar-refractivity contribution in [1.82, 2.24) is 31.9 Å². The fourth-order valence-electron chi connectivity index (χ4n) is 11.8. The predicted molar refractivity (Wildman–Crippen MR) is 369 cm³/mol. The third-order valence-corrected chi connectivity index (χ3v) is 17.5. The van der Waals surface area contributed by atoms with Crippen molar-refractivity contribution in [1.29, 1.82) is 0 Å². The van der Waals surface area contributed by atoms with Gasteiger partial charge in [-0.05, 0) is 187 Å². The summed E-state index contributed by atoms with van der Waals surface area (Å²) < 4.78 is 2.16. The van der Waals surface area contributed by atoms with Gasteiger partial charge in [-0.1, -0.05) is 154 Å². The minimum absolute atomic E-state index is 0.126. The normalized spacial score (nSPS) is 14.1. The molecule has 12 N–H and O–H groups in total. The molecule has 0 spiro atoms. The maximum Gasteiger partial charge on any atom is 0.237 e. The van der Waals surface area contributed by atoms with Gasteiger partial charge < -0.3 is 58.1 Å². The molecule has 13 heteroatoms. The summed E-state index contributed by atoms with van der Waals surface area (Å²) in [5, 5.41) is 20.8. The fraction of sp³-hybridized carbons (Fsp3) is 0.915. The number of allylic oxidation sites excluding steroid dienone is 4. The number of amides is 2. The molecule has 0 aromatic rings. The van der Waals surface area contributed by atoms with Crippen LogP contribution in [-0.2, 0) is 9.59 Å². The van der Waals surface area contributed by atoms with Gasteiger partial charge in [0.05, 0.1) is 65.4 Å². The maximum atomic E-state index is 13.6. The Balaban J connectivity index is 5.69. The SMILES string of the molecule is CCCCCCCC/C=C\CCCCCCCC[N+](C)(CCCC[N+](C)(CCCCCCCC/C=C\CCCCCCCC)CCCNC(=O)C(CCCNCCCN)NCCCN)CCCNC(=O)C(CCCNCCCN)NCCCC. The lowest BCUT2D eigenvalue weighted by atomic mass is 10.1. The van der Waals surface area contributed by atoms with E-state index in [1.807, 2.05) is 0 Å². The highest BCUT2D eigenvalue weighted by atomic mass is 16.2. The van der Waals surface area contributed by atoms with E-state index in [4.69, 9.17) is 17.2 Å². The van der Waals surface area contributed by atoms with Crippen LogP contribution in [0.3, 0.4) is 0 Å². The van der Waals surface area contributed by atoms with Crippen molar-refractivity contribution in [2.75, 3.05) is 125 Å². The highest BCUT2D eigenvalue weighted by molar-refractivity contribution is 5.82. The molecule has 0 radical (unpaired) electrons. The summed E-state index contributed by atoms with van der Waals surface area (Å²) in [6.45, 7) is 22.6. The Morgan fingerprint density at radius 2 is 0.595 bits per heavy atom. The van der Waals surface area contributed by atoms with E-state index in [2.05, 4.69) is 91.1 Å². The lowest BCUT2D eigenvalue weighted by molar-refractivity contribution is -0.916. The molecule has 0 aromatic heterocycles. The topological polar surface area (TPSA) is 184 Å². The summed E-state index contributed by atoms with van der Waals surface area (Å²) in [5.74, 6) is 0.288. The molecule has 2 amide bonds. The molecular formula is C71H149N11O2+2. The predicted octanol–water partition coefficient (Wildman–Crippen LogP) is 13.2. The van der Waals surface area contributed by atoms with Crippen molar-refractivity contribution in [3.8, 4) is 0 Å². The fourth-order valence-corrected chi connectivity index (χ4v) is 11.8. The quantitative estimate of drug-likeness (QED) is 0.0162. The summed E-state index contributed by atoms with van der Waals surface area (Å²) in [4.78, 5) is 27.2. The molecule has 4 unspecified atom stereocenters. The third-order valence-electron chi connectivity index (χ3n) is 17.5. The Morgan fingerprint density at radius 3 is 0.940 bits per heavy atom. The second kappa shape index (κ2) is 64.1. The Kier molecular flexibility index (Phi) is 62.6. The van der Waals surface area contributed by atoms with Crippen LogP contribution in [0, 0.1) is 0 Å². The Morgan fingerprint density at radius 1 is 0.321 bits per heavy atom. The van der Waals surface area contributed by atoms with Gasteiger partial charge in [0.15, 0.2) is 0 Å². The minimum Gasteiger partial charge on any atom is -0.355 e. The standard InChI is InChI=1S/C71H147N11O2/c1-6-9-12-14-16-18-20-22-24-26-28-30-32-34-36-38-62-81(4,66-47-60-79-70(83)68(77-58-11-8-3)49-42-54-75-56-44-51-72)64-40-41-65-82(5,63-39-37-35-33-31-29-27-25-23-21-19-17-15-13-10-7-2)67-48-61-80-71(84)69(78-59-46-53-74)50-43-55-76-57-45-52-73/h22-25,68-69,75-78H,6-21,26-67,72-74H2,1-5H3/p+2/b24-22-,25-23-. The van der Waals surface area contributed by atoms with Gasteiger partial charge in [0.2, 0.25) is 11.8 Å². The average Bonchev–Trinajstić information content (AvgIpc) is 3.64. The van der Waals surface area contributed by atoms with Gasteiger partial charge in [0.25, 0.3) is 0 Å². The van der Waals surface area contributed by atoms with Crippen molar-refractivity contribution >= 4 is 11.8 Å². The molecule has 0 fully saturated rings. The second-order valence-electron chi connectivity index (χ2n) is 26.0. The van der Waals surface area contributed by atoms with Crippen LogP contribution in [0.1, 0.15) is 284 Å². The number of hydrogen-bond donors (Lipinski definition) is 9. The molecule has 0 aliphatic carbocycles. The molecule has 0 bridgehead atoms. The number of nitrogens with zero attached hydrogens (tertiary/aromatic N) is 2. The first-order valence-electron chi connectivity index (χ1n) is 36.6. The Bertz CT molecular complexity index is 1330. The van der Waals surface area contributed by atoms with E-state index in [0.717, 1.165) is 138 Å². The Labute approximate surface area is 522 Å².